The molecule has 0 aliphatic heterocycles. The predicted molar refractivity (Wildman–Crippen MR) is 115 cm³/mol. The summed E-state index contributed by atoms with van der Waals surface area (Å²) >= 11 is 0. The Balaban J connectivity index is 0.00000312. The number of aliphatic imine (C=N–C) groups is 1. The zero-order valence-electron chi connectivity index (χ0n) is 16.3. The number of rotatable bonds is 8. The van der Waals surface area contributed by atoms with Crippen LogP contribution in [0.4, 0.5) is 0 Å². The van der Waals surface area contributed by atoms with Crippen molar-refractivity contribution in [2.45, 2.75) is 71.3 Å². The molecule has 0 spiro atoms. The Morgan fingerprint density at radius 3 is 2.52 bits per heavy atom. The van der Waals surface area contributed by atoms with Crippen molar-refractivity contribution in [2.24, 2.45) is 15.8 Å². The second-order valence-electron chi connectivity index (χ2n) is 8.06. The molecule has 0 aromatic carbocycles. The number of aliphatic hydroxyl groups excluding tert-OH is 1. The molecule has 0 radical (unpaired) electrons. The Kier molecular flexibility index (Phi) is 10.0. The van der Waals surface area contributed by atoms with Gasteiger partial charge < -0.3 is 20.5 Å². The number of aliphatic hydroxyl groups is 1. The Hall–Kier alpha value is -0.0800. The first-order valence-electron chi connectivity index (χ1n) is 9.73. The minimum absolute atomic E-state index is 0. The third-order valence-corrected chi connectivity index (χ3v) is 6.11. The molecule has 148 valence electrons. The lowest BCUT2D eigenvalue weighted by atomic mass is 9.67. The van der Waals surface area contributed by atoms with Gasteiger partial charge in [0.05, 0.1) is 6.10 Å². The van der Waals surface area contributed by atoms with Crippen LogP contribution in [0.5, 0.6) is 0 Å². The Bertz CT molecular complexity index is 415. The molecule has 0 heterocycles. The van der Waals surface area contributed by atoms with Gasteiger partial charge in [0, 0.05) is 38.8 Å². The number of methoxy groups -OCH3 is 1. The zero-order chi connectivity index (χ0) is 17.5. The number of guanidine groups is 1. The van der Waals surface area contributed by atoms with Crippen LogP contribution in [-0.4, -0.2) is 50.5 Å². The molecule has 5 nitrogen and oxygen atoms in total. The van der Waals surface area contributed by atoms with Gasteiger partial charge in [0.1, 0.15) is 0 Å². The second kappa shape index (κ2) is 10.9. The number of hydrogen-bond donors (Lipinski definition) is 3. The van der Waals surface area contributed by atoms with E-state index in [9.17, 15) is 5.11 Å². The molecule has 0 aromatic heterocycles. The first-order chi connectivity index (χ1) is 11.5. The van der Waals surface area contributed by atoms with E-state index < -0.39 is 0 Å². The van der Waals surface area contributed by atoms with Crippen molar-refractivity contribution in [3.8, 4) is 0 Å². The lowest BCUT2D eigenvalue weighted by molar-refractivity contribution is 0.00394. The van der Waals surface area contributed by atoms with Crippen molar-refractivity contribution < 1.29 is 9.84 Å². The molecule has 2 unspecified atom stereocenters. The average Bonchev–Trinajstić information content (AvgIpc) is 2.54. The number of hydrogen-bond acceptors (Lipinski definition) is 3. The predicted octanol–water partition coefficient (Wildman–Crippen LogP) is 3.31. The molecule has 2 aliphatic rings. The molecule has 0 aromatic rings. The van der Waals surface area contributed by atoms with Crippen molar-refractivity contribution in [1.29, 1.82) is 0 Å². The maximum Gasteiger partial charge on any atom is 0.191 e. The number of ether oxygens (including phenoxy) is 1. The quantitative estimate of drug-likeness (QED) is 0.291. The molecule has 2 rings (SSSR count). The summed E-state index contributed by atoms with van der Waals surface area (Å²) in [6, 6.07) is 0. The van der Waals surface area contributed by atoms with Crippen molar-refractivity contribution in [3.05, 3.63) is 0 Å². The summed E-state index contributed by atoms with van der Waals surface area (Å²) in [4.78, 5) is 4.86. The van der Waals surface area contributed by atoms with Crippen LogP contribution >= 0.6 is 24.0 Å². The van der Waals surface area contributed by atoms with Gasteiger partial charge in [-0.2, -0.15) is 0 Å². The van der Waals surface area contributed by atoms with Crippen LogP contribution in [0.15, 0.2) is 4.99 Å². The van der Waals surface area contributed by atoms with Gasteiger partial charge >= 0.3 is 0 Å². The highest BCUT2D eigenvalue weighted by atomic mass is 127. The summed E-state index contributed by atoms with van der Waals surface area (Å²) in [7, 11) is 1.78. The largest absolute Gasteiger partial charge is 0.392 e. The van der Waals surface area contributed by atoms with E-state index in [1.165, 1.54) is 25.7 Å². The maximum absolute atomic E-state index is 10.4. The fourth-order valence-electron chi connectivity index (χ4n) is 3.94. The summed E-state index contributed by atoms with van der Waals surface area (Å²) in [5, 5.41) is 17.2. The molecule has 2 atom stereocenters. The Morgan fingerprint density at radius 2 is 1.96 bits per heavy atom. The van der Waals surface area contributed by atoms with E-state index in [0.29, 0.717) is 5.41 Å². The summed E-state index contributed by atoms with van der Waals surface area (Å²) < 4.78 is 5.27. The van der Waals surface area contributed by atoms with Gasteiger partial charge in [0.2, 0.25) is 0 Å². The molecule has 2 saturated carbocycles. The third-order valence-electron chi connectivity index (χ3n) is 6.11. The standard InChI is InChI=1S/C19H37N3O2.HI/c1-4-20-17(21-14-18(2)9-6-5-8-16(18)23)22-15-19(10-7-11-19)12-13-24-3;/h16,23H,4-15H2,1-3H3,(H2,20,21,22);1H. The minimum Gasteiger partial charge on any atom is -0.392 e. The van der Waals surface area contributed by atoms with E-state index >= 15 is 0 Å². The highest BCUT2D eigenvalue weighted by molar-refractivity contribution is 14.0. The number of nitrogens with zero attached hydrogens (tertiary/aromatic N) is 1. The van der Waals surface area contributed by atoms with E-state index in [1.807, 2.05) is 0 Å². The van der Waals surface area contributed by atoms with Gasteiger partial charge in [-0.15, -0.1) is 24.0 Å². The molecular formula is C19H38IN3O2. The van der Waals surface area contributed by atoms with Crippen LogP contribution in [0.1, 0.15) is 65.2 Å². The molecule has 2 fully saturated rings. The summed E-state index contributed by atoms with van der Waals surface area (Å²) in [5.74, 6) is 0.889. The van der Waals surface area contributed by atoms with Gasteiger partial charge in [-0.3, -0.25) is 4.99 Å². The average molecular weight is 467 g/mol. The van der Waals surface area contributed by atoms with E-state index in [2.05, 4.69) is 24.5 Å². The van der Waals surface area contributed by atoms with Crippen LogP contribution in [0.2, 0.25) is 0 Å². The SMILES string of the molecule is CCNC(=NCC1(CCOC)CCC1)NCC1(C)CCCCC1O.I. The lowest BCUT2D eigenvalue weighted by Crippen LogP contribution is -2.48. The Morgan fingerprint density at radius 1 is 1.20 bits per heavy atom. The fraction of sp³-hybridized carbons (Fsp3) is 0.947. The third kappa shape index (κ3) is 6.54. The van der Waals surface area contributed by atoms with Crippen molar-refractivity contribution in [2.75, 3.05) is 33.4 Å². The van der Waals surface area contributed by atoms with E-state index in [-0.39, 0.29) is 35.5 Å². The summed E-state index contributed by atoms with van der Waals surface area (Å²) in [6.07, 6.45) is 9.09. The summed E-state index contributed by atoms with van der Waals surface area (Å²) in [6.45, 7) is 7.62. The first kappa shape index (κ1) is 23.0. The van der Waals surface area contributed by atoms with Crippen LogP contribution in [-0.2, 0) is 4.74 Å². The maximum atomic E-state index is 10.4. The zero-order valence-corrected chi connectivity index (χ0v) is 18.6. The van der Waals surface area contributed by atoms with Crippen molar-refractivity contribution in [3.63, 3.8) is 0 Å². The molecule has 0 saturated heterocycles. The monoisotopic (exact) mass is 467 g/mol. The Labute approximate surface area is 170 Å². The molecule has 6 heteroatoms. The molecule has 25 heavy (non-hydrogen) atoms. The van der Waals surface area contributed by atoms with E-state index in [1.54, 1.807) is 7.11 Å². The van der Waals surface area contributed by atoms with Gasteiger partial charge in [-0.25, -0.2) is 0 Å². The normalized spacial score (nSPS) is 28.6. The minimum atomic E-state index is -0.207. The first-order valence-corrected chi connectivity index (χ1v) is 9.73. The number of nitrogens with one attached hydrogen (secondary N) is 2. The van der Waals surface area contributed by atoms with Crippen LogP contribution < -0.4 is 10.6 Å². The molecule has 2 aliphatic carbocycles. The van der Waals surface area contributed by atoms with Crippen LogP contribution in [0, 0.1) is 10.8 Å². The van der Waals surface area contributed by atoms with Crippen molar-refractivity contribution >= 4 is 29.9 Å². The van der Waals surface area contributed by atoms with Gasteiger partial charge in [0.25, 0.3) is 0 Å². The molecule has 0 amide bonds. The van der Waals surface area contributed by atoms with Gasteiger partial charge in [-0.1, -0.05) is 26.2 Å². The summed E-state index contributed by atoms with van der Waals surface area (Å²) in [5.41, 5.74) is 0.297. The van der Waals surface area contributed by atoms with Crippen molar-refractivity contribution in [1.82, 2.24) is 10.6 Å². The lowest BCUT2D eigenvalue weighted by Gasteiger charge is -2.41. The highest BCUT2D eigenvalue weighted by Gasteiger charge is 2.37. The fourth-order valence-corrected chi connectivity index (χ4v) is 3.94. The van der Waals surface area contributed by atoms with Crippen LogP contribution in [0.3, 0.4) is 0 Å². The topological polar surface area (TPSA) is 65.9 Å². The molecule has 0 bridgehead atoms. The van der Waals surface area contributed by atoms with E-state index in [4.69, 9.17) is 9.73 Å². The van der Waals surface area contributed by atoms with Crippen LogP contribution in [0.25, 0.3) is 0 Å². The number of halogens is 1. The smallest absolute Gasteiger partial charge is 0.191 e. The second-order valence-corrected chi connectivity index (χ2v) is 8.06. The highest BCUT2D eigenvalue weighted by Crippen LogP contribution is 2.44. The molecular weight excluding hydrogens is 429 g/mol. The molecule has 3 N–H and O–H groups in total. The van der Waals surface area contributed by atoms with E-state index in [0.717, 1.165) is 57.9 Å². The van der Waals surface area contributed by atoms with Gasteiger partial charge in [0.15, 0.2) is 5.96 Å². The van der Waals surface area contributed by atoms with Gasteiger partial charge in [-0.05, 0) is 44.4 Å².